The van der Waals surface area contributed by atoms with Crippen LogP contribution in [0.4, 0.5) is 0 Å². The quantitative estimate of drug-likeness (QED) is 0.640. The van der Waals surface area contributed by atoms with Gasteiger partial charge >= 0.3 is 5.63 Å². The lowest BCUT2D eigenvalue weighted by Crippen LogP contribution is -2.32. The highest BCUT2D eigenvalue weighted by molar-refractivity contribution is 7.07. The largest absolute Gasteiger partial charge is 0.487 e. The lowest BCUT2D eigenvalue weighted by Gasteiger charge is -2.32. The first-order chi connectivity index (χ1) is 13.8. The highest BCUT2D eigenvalue weighted by Gasteiger charge is 2.27. The Morgan fingerprint density at radius 3 is 2.90 bits per heavy atom. The van der Waals surface area contributed by atoms with E-state index < -0.39 is 5.63 Å². The van der Waals surface area contributed by atoms with E-state index in [0.29, 0.717) is 17.7 Å². The molecule has 1 aliphatic heterocycles. The molecule has 3 aromatic rings. The number of carbonyl (C=O) groups excluding carboxylic acids is 1. The summed E-state index contributed by atoms with van der Waals surface area (Å²) in [6.07, 6.45) is 2.65. The van der Waals surface area contributed by atoms with Crippen molar-refractivity contribution >= 4 is 28.2 Å². The van der Waals surface area contributed by atoms with Gasteiger partial charge in [-0.25, -0.2) is 4.79 Å². The van der Waals surface area contributed by atoms with Crippen molar-refractivity contribution in [2.75, 3.05) is 6.54 Å². The Labute approximate surface area is 173 Å². The normalized spacial score (nSPS) is 15.0. The average Bonchev–Trinajstić information content (AvgIpc) is 3.17. The number of fused-ring (bicyclic) bond motifs is 2. The number of nitrogens with one attached hydrogen (secondary N) is 1. The van der Waals surface area contributed by atoms with Crippen LogP contribution in [0.1, 0.15) is 42.5 Å². The summed E-state index contributed by atoms with van der Waals surface area (Å²) in [5.74, 6) is 0.605. The zero-order valence-electron chi connectivity index (χ0n) is 17.0. The minimum atomic E-state index is -0.460. The second-order valence-electron chi connectivity index (χ2n) is 8.22. The van der Waals surface area contributed by atoms with E-state index in [9.17, 15) is 9.59 Å². The maximum absolute atomic E-state index is 12.6. The van der Waals surface area contributed by atoms with E-state index in [1.807, 2.05) is 30.5 Å². The van der Waals surface area contributed by atoms with Crippen molar-refractivity contribution in [2.45, 2.75) is 52.1 Å². The number of carbonyl (C=O) groups is 1. The van der Waals surface area contributed by atoms with Crippen LogP contribution in [0, 0.1) is 6.92 Å². The number of thiophene rings is 1. The molecule has 6 heteroatoms. The highest BCUT2D eigenvalue weighted by Crippen LogP contribution is 2.36. The second kappa shape index (κ2) is 7.67. The molecule has 0 aliphatic carbocycles. The lowest BCUT2D eigenvalue weighted by molar-refractivity contribution is -0.120. The molecule has 0 bridgehead atoms. The zero-order chi connectivity index (χ0) is 20.6. The van der Waals surface area contributed by atoms with Gasteiger partial charge in [0.05, 0.1) is 12.0 Å². The number of hydrogen-bond acceptors (Lipinski definition) is 5. The van der Waals surface area contributed by atoms with Crippen molar-refractivity contribution in [3.8, 4) is 5.75 Å². The van der Waals surface area contributed by atoms with Crippen molar-refractivity contribution in [3.05, 3.63) is 61.6 Å². The molecule has 0 fully saturated rings. The number of benzene rings is 1. The molecule has 1 N–H and O–H groups in total. The van der Waals surface area contributed by atoms with Crippen LogP contribution in [0.3, 0.4) is 0 Å². The Morgan fingerprint density at radius 1 is 1.31 bits per heavy atom. The van der Waals surface area contributed by atoms with E-state index in [1.165, 1.54) is 5.56 Å². The van der Waals surface area contributed by atoms with Crippen LogP contribution in [0.5, 0.6) is 5.75 Å². The van der Waals surface area contributed by atoms with Crippen LogP contribution in [-0.4, -0.2) is 18.1 Å². The maximum Gasteiger partial charge on any atom is 0.340 e. The summed E-state index contributed by atoms with van der Waals surface area (Å²) >= 11 is 1.64. The first-order valence-corrected chi connectivity index (χ1v) is 10.8. The van der Waals surface area contributed by atoms with Gasteiger partial charge in [0.25, 0.3) is 0 Å². The second-order valence-corrected chi connectivity index (χ2v) is 9.00. The van der Waals surface area contributed by atoms with E-state index in [4.69, 9.17) is 9.15 Å². The maximum atomic E-state index is 12.6. The van der Waals surface area contributed by atoms with Crippen LogP contribution in [0.15, 0.2) is 38.2 Å². The van der Waals surface area contributed by atoms with Crippen molar-refractivity contribution in [2.24, 2.45) is 0 Å². The summed E-state index contributed by atoms with van der Waals surface area (Å²) in [5, 5.41) is 7.85. The summed E-state index contributed by atoms with van der Waals surface area (Å²) in [6.45, 7) is 6.55. The third kappa shape index (κ3) is 4.22. The van der Waals surface area contributed by atoms with Gasteiger partial charge in [0, 0.05) is 18.0 Å². The van der Waals surface area contributed by atoms with Crippen molar-refractivity contribution < 1.29 is 13.9 Å². The molecule has 0 unspecified atom stereocenters. The Bertz CT molecular complexity index is 1110. The number of hydrogen-bond donors (Lipinski definition) is 1. The molecular formula is C23H25NO4S. The number of rotatable bonds is 5. The van der Waals surface area contributed by atoms with Gasteiger partial charge in [0.15, 0.2) is 0 Å². The van der Waals surface area contributed by atoms with Crippen LogP contribution in [0.2, 0.25) is 0 Å². The molecule has 0 spiro atoms. The van der Waals surface area contributed by atoms with Gasteiger partial charge < -0.3 is 14.5 Å². The van der Waals surface area contributed by atoms with Crippen LogP contribution < -0.4 is 15.7 Å². The third-order valence-electron chi connectivity index (χ3n) is 5.50. The zero-order valence-corrected chi connectivity index (χ0v) is 17.8. The van der Waals surface area contributed by atoms with Crippen molar-refractivity contribution in [1.82, 2.24) is 5.32 Å². The van der Waals surface area contributed by atoms with Crippen LogP contribution >= 0.6 is 11.3 Å². The lowest BCUT2D eigenvalue weighted by atomic mass is 9.92. The van der Waals surface area contributed by atoms with E-state index in [-0.39, 0.29) is 17.9 Å². The summed E-state index contributed by atoms with van der Waals surface area (Å²) in [6, 6.07) is 5.89. The van der Waals surface area contributed by atoms with Crippen molar-refractivity contribution in [3.63, 3.8) is 0 Å². The SMILES string of the molecule is Cc1c(CC(=O)NCCc2ccsc2)c(=O)oc2cc3c(cc12)CCC(C)(C)O3. The van der Waals surface area contributed by atoms with Crippen molar-refractivity contribution in [1.29, 1.82) is 0 Å². The van der Waals surface area contributed by atoms with Gasteiger partial charge in [-0.05, 0) is 79.6 Å². The standard InChI is InChI=1S/C23H25NO4S/c1-14-17-10-16-4-7-23(2,3)28-19(16)12-20(17)27-22(26)18(14)11-21(25)24-8-5-15-6-9-29-13-15/h6,9-10,12-13H,4-5,7-8,11H2,1-3H3,(H,24,25). The predicted octanol–water partition coefficient (Wildman–Crippen LogP) is 4.17. The fourth-order valence-electron chi connectivity index (χ4n) is 3.74. The Hall–Kier alpha value is -2.60. The Balaban J connectivity index is 1.55. The Morgan fingerprint density at radius 2 is 2.14 bits per heavy atom. The monoisotopic (exact) mass is 411 g/mol. The molecule has 4 rings (SSSR count). The first-order valence-electron chi connectivity index (χ1n) is 9.88. The highest BCUT2D eigenvalue weighted by atomic mass is 32.1. The van der Waals surface area contributed by atoms with Gasteiger partial charge in [-0.1, -0.05) is 0 Å². The molecule has 2 aromatic heterocycles. The van der Waals surface area contributed by atoms with Gasteiger partial charge in [0.2, 0.25) is 5.91 Å². The summed E-state index contributed by atoms with van der Waals surface area (Å²) in [5.41, 5.74) is 3.35. The van der Waals surface area contributed by atoms with Gasteiger partial charge in [-0.3, -0.25) is 4.79 Å². The van der Waals surface area contributed by atoms with E-state index in [0.717, 1.165) is 41.5 Å². The van der Waals surface area contributed by atoms with E-state index in [1.54, 1.807) is 11.3 Å². The number of ether oxygens (including phenoxy) is 1. The molecule has 0 saturated heterocycles. The molecule has 0 radical (unpaired) electrons. The summed E-state index contributed by atoms with van der Waals surface area (Å²) < 4.78 is 11.6. The molecule has 1 aliphatic rings. The average molecular weight is 412 g/mol. The first kappa shape index (κ1) is 19.7. The molecule has 3 heterocycles. The fourth-order valence-corrected chi connectivity index (χ4v) is 4.45. The molecule has 152 valence electrons. The summed E-state index contributed by atoms with van der Waals surface area (Å²) in [4.78, 5) is 24.9. The molecule has 0 atom stereocenters. The van der Waals surface area contributed by atoms with Gasteiger partial charge in [-0.2, -0.15) is 11.3 Å². The number of amides is 1. The molecule has 5 nitrogen and oxygen atoms in total. The molecule has 1 aromatic carbocycles. The van der Waals surface area contributed by atoms with E-state index in [2.05, 4.69) is 24.5 Å². The predicted molar refractivity (Wildman–Crippen MR) is 115 cm³/mol. The smallest absolute Gasteiger partial charge is 0.340 e. The van der Waals surface area contributed by atoms with Crippen LogP contribution in [-0.2, 0) is 24.1 Å². The molecule has 1 amide bonds. The molecule has 29 heavy (non-hydrogen) atoms. The fraction of sp³-hybridized carbons (Fsp3) is 0.391. The molecular weight excluding hydrogens is 386 g/mol. The van der Waals surface area contributed by atoms with Gasteiger partial charge in [-0.15, -0.1) is 0 Å². The van der Waals surface area contributed by atoms with Gasteiger partial charge in [0.1, 0.15) is 16.9 Å². The topological polar surface area (TPSA) is 68.5 Å². The minimum Gasteiger partial charge on any atom is -0.487 e. The third-order valence-corrected chi connectivity index (χ3v) is 6.24. The molecule has 0 saturated carbocycles. The number of aryl methyl sites for hydroxylation is 2. The Kier molecular flexibility index (Phi) is 5.21. The van der Waals surface area contributed by atoms with E-state index >= 15 is 0 Å². The van der Waals surface area contributed by atoms with Crippen LogP contribution in [0.25, 0.3) is 11.0 Å². The minimum absolute atomic E-state index is 0.0222. The summed E-state index contributed by atoms with van der Waals surface area (Å²) in [7, 11) is 0.